The number of nitrogens with one attached hydrogen (secondary N) is 1. The second kappa shape index (κ2) is 7.30. The molecule has 1 saturated carbocycles. The lowest BCUT2D eigenvalue weighted by Crippen LogP contribution is -2.16. The number of anilines is 1. The molecule has 0 aliphatic heterocycles. The molecule has 1 aromatic rings. The third kappa shape index (κ3) is 3.87. The van der Waals surface area contributed by atoms with E-state index in [1.807, 2.05) is 11.8 Å². The first-order chi connectivity index (χ1) is 9.63. The van der Waals surface area contributed by atoms with Crippen molar-refractivity contribution in [1.82, 2.24) is 9.97 Å². The van der Waals surface area contributed by atoms with Gasteiger partial charge >= 0.3 is 0 Å². The summed E-state index contributed by atoms with van der Waals surface area (Å²) in [6.07, 6.45) is 6.31. The normalized spacial score (nSPS) is 22.8. The lowest BCUT2D eigenvalue weighted by Gasteiger charge is -2.26. The van der Waals surface area contributed by atoms with Gasteiger partial charge in [0.2, 0.25) is 0 Å². The highest BCUT2D eigenvalue weighted by Gasteiger charge is 2.22. The summed E-state index contributed by atoms with van der Waals surface area (Å²) in [5.41, 5.74) is 1.22. The van der Waals surface area contributed by atoms with Crippen molar-refractivity contribution in [2.24, 2.45) is 5.92 Å². The van der Waals surface area contributed by atoms with E-state index in [9.17, 15) is 0 Å². The van der Waals surface area contributed by atoms with E-state index in [0.29, 0.717) is 0 Å². The van der Waals surface area contributed by atoms with Crippen molar-refractivity contribution in [3.05, 3.63) is 11.4 Å². The molecule has 1 heterocycles. The summed E-state index contributed by atoms with van der Waals surface area (Å²) < 4.78 is 0. The number of rotatable bonds is 5. The fourth-order valence-corrected chi connectivity index (χ4v) is 4.25. The number of thioether (sulfide) groups is 1. The maximum atomic E-state index is 4.76. The Bertz CT molecular complexity index is 448. The van der Waals surface area contributed by atoms with Crippen LogP contribution >= 0.6 is 11.8 Å². The maximum Gasteiger partial charge on any atom is 0.133 e. The molecule has 2 atom stereocenters. The average Bonchev–Trinajstić information content (AvgIpc) is 2.43. The van der Waals surface area contributed by atoms with E-state index in [1.165, 1.54) is 36.3 Å². The van der Waals surface area contributed by atoms with Gasteiger partial charge in [0.1, 0.15) is 16.7 Å². The Labute approximate surface area is 127 Å². The van der Waals surface area contributed by atoms with Gasteiger partial charge in [-0.05, 0) is 32.6 Å². The first-order valence-electron chi connectivity index (χ1n) is 7.92. The lowest BCUT2D eigenvalue weighted by molar-refractivity contribution is 0.394. The van der Waals surface area contributed by atoms with Gasteiger partial charge in [-0.2, -0.15) is 0 Å². The molecule has 2 unspecified atom stereocenters. The molecule has 4 heteroatoms. The van der Waals surface area contributed by atoms with Crippen molar-refractivity contribution in [1.29, 1.82) is 0 Å². The van der Waals surface area contributed by atoms with Crippen molar-refractivity contribution in [2.75, 3.05) is 11.9 Å². The van der Waals surface area contributed by atoms with Crippen molar-refractivity contribution in [2.45, 2.75) is 70.1 Å². The highest BCUT2D eigenvalue weighted by Crippen LogP contribution is 2.37. The van der Waals surface area contributed by atoms with Gasteiger partial charge in [-0.15, -0.1) is 11.8 Å². The minimum Gasteiger partial charge on any atom is -0.370 e. The molecule has 0 saturated heterocycles. The molecule has 0 bridgehead atoms. The molecular formula is C16H27N3S. The Kier molecular flexibility index (Phi) is 5.70. The van der Waals surface area contributed by atoms with Gasteiger partial charge < -0.3 is 5.32 Å². The summed E-state index contributed by atoms with van der Waals surface area (Å²) in [5.74, 6) is 2.84. The zero-order valence-corrected chi connectivity index (χ0v) is 14.0. The molecule has 20 heavy (non-hydrogen) atoms. The quantitative estimate of drug-likeness (QED) is 0.814. The van der Waals surface area contributed by atoms with Gasteiger partial charge in [-0.1, -0.05) is 26.7 Å². The lowest BCUT2D eigenvalue weighted by atomic mass is 9.91. The SMILES string of the molecule is CCNc1nc(CC)nc(SC2CCCC(C)C2)c1C. The predicted molar refractivity (Wildman–Crippen MR) is 87.6 cm³/mol. The van der Waals surface area contributed by atoms with Gasteiger partial charge in [0.05, 0.1) is 0 Å². The van der Waals surface area contributed by atoms with Crippen LogP contribution in [0.2, 0.25) is 0 Å². The molecule has 1 fully saturated rings. The van der Waals surface area contributed by atoms with Crippen LogP contribution in [0.1, 0.15) is 57.8 Å². The van der Waals surface area contributed by atoms with Crippen LogP contribution in [0.15, 0.2) is 5.03 Å². The number of aromatic nitrogens is 2. The van der Waals surface area contributed by atoms with Crippen molar-refractivity contribution < 1.29 is 0 Å². The van der Waals surface area contributed by atoms with Crippen LogP contribution in [0.25, 0.3) is 0 Å². The monoisotopic (exact) mass is 293 g/mol. The highest BCUT2D eigenvalue weighted by molar-refractivity contribution is 7.99. The highest BCUT2D eigenvalue weighted by atomic mass is 32.2. The van der Waals surface area contributed by atoms with E-state index in [4.69, 9.17) is 4.98 Å². The van der Waals surface area contributed by atoms with Crippen LogP contribution in [0, 0.1) is 12.8 Å². The molecule has 1 aliphatic rings. The van der Waals surface area contributed by atoms with Gasteiger partial charge in [0.15, 0.2) is 0 Å². The Balaban J connectivity index is 2.18. The van der Waals surface area contributed by atoms with Crippen molar-refractivity contribution in [3.8, 4) is 0 Å². The van der Waals surface area contributed by atoms with Crippen molar-refractivity contribution in [3.63, 3.8) is 0 Å². The van der Waals surface area contributed by atoms with Gasteiger partial charge in [-0.3, -0.25) is 0 Å². The summed E-state index contributed by atoms with van der Waals surface area (Å²) >= 11 is 1.97. The molecule has 0 amide bonds. The Morgan fingerprint density at radius 1 is 1.25 bits per heavy atom. The molecule has 112 valence electrons. The van der Waals surface area contributed by atoms with Gasteiger partial charge in [0, 0.05) is 23.8 Å². The zero-order chi connectivity index (χ0) is 14.5. The zero-order valence-electron chi connectivity index (χ0n) is 13.2. The average molecular weight is 293 g/mol. The molecule has 0 spiro atoms. The Hall–Kier alpha value is -0.770. The largest absolute Gasteiger partial charge is 0.370 e. The standard InChI is InChI=1S/C16H27N3S/c1-5-14-18-15(17-6-2)12(4)16(19-14)20-13-9-7-8-11(3)10-13/h11,13H,5-10H2,1-4H3,(H,17,18,19). The van der Waals surface area contributed by atoms with E-state index in [-0.39, 0.29) is 0 Å². The molecule has 2 rings (SSSR count). The number of hydrogen-bond donors (Lipinski definition) is 1. The molecule has 1 aliphatic carbocycles. The number of nitrogens with zero attached hydrogens (tertiary/aromatic N) is 2. The molecule has 0 radical (unpaired) electrons. The topological polar surface area (TPSA) is 37.8 Å². The van der Waals surface area contributed by atoms with E-state index < -0.39 is 0 Å². The van der Waals surface area contributed by atoms with Crippen LogP contribution in [-0.4, -0.2) is 21.8 Å². The molecular weight excluding hydrogens is 266 g/mol. The maximum absolute atomic E-state index is 4.76. The van der Waals surface area contributed by atoms with E-state index >= 15 is 0 Å². The van der Waals surface area contributed by atoms with Crippen LogP contribution in [0.5, 0.6) is 0 Å². The smallest absolute Gasteiger partial charge is 0.133 e. The summed E-state index contributed by atoms with van der Waals surface area (Å²) in [7, 11) is 0. The summed E-state index contributed by atoms with van der Waals surface area (Å²) in [4.78, 5) is 9.38. The summed E-state index contributed by atoms with van der Waals surface area (Å²) in [6.45, 7) is 9.67. The van der Waals surface area contributed by atoms with E-state index in [1.54, 1.807) is 0 Å². The molecule has 1 N–H and O–H groups in total. The number of aryl methyl sites for hydroxylation is 1. The summed E-state index contributed by atoms with van der Waals surface area (Å²) in [5, 5.41) is 5.29. The van der Waals surface area contributed by atoms with Gasteiger partial charge in [-0.25, -0.2) is 9.97 Å². The van der Waals surface area contributed by atoms with E-state index in [2.05, 4.69) is 38.0 Å². The van der Waals surface area contributed by atoms with Crippen molar-refractivity contribution >= 4 is 17.6 Å². The molecule has 1 aromatic heterocycles. The predicted octanol–water partition coefficient (Wildman–Crippen LogP) is 4.45. The van der Waals surface area contributed by atoms with Crippen LogP contribution in [0.4, 0.5) is 5.82 Å². The third-order valence-electron chi connectivity index (χ3n) is 3.97. The van der Waals surface area contributed by atoms with Crippen LogP contribution in [0.3, 0.4) is 0 Å². The van der Waals surface area contributed by atoms with Crippen LogP contribution in [-0.2, 0) is 6.42 Å². The second-order valence-corrected chi connectivity index (χ2v) is 7.10. The fraction of sp³-hybridized carbons (Fsp3) is 0.750. The van der Waals surface area contributed by atoms with Gasteiger partial charge in [0.25, 0.3) is 0 Å². The first kappa shape index (κ1) is 15.6. The Morgan fingerprint density at radius 3 is 2.70 bits per heavy atom. The minimum atomic E-state index is 0.728. The van der Waals surface area contributed by atoms with Crippen LogP contribution < -0.4 is 5.32 Å². The molecule has 3 nitrogen and oxygen atoms in total. The van der Waals surface area contributed by atoms with E-state index in [0.717, 1.165) is 35.8 Å². The first-order valence-corrected chi connectivity index (χ1v) is 8.80. The molecule has 0 aromatic carbocycles. The third-order valence-corrected chi connectivity index (χ3v) is 5.36. The fourth-order valence-electron chi connectivity index (χ4n) is 2.80. The number of hydrogen-bond acceptors (Lipinski definition) is 4. The minimum absolute atomic E-state index is 0.728. The second-order valence-electron chi connectivity index (χ2n) is 5.81. The summed E-state index contributed by atoms with van der Waals surface area (Å²) in [6, 6.07) is 0. The Morgan fingerprint density at radius 2 is 2.05 bits per heavy atom.